The second-order valence-electron chi connectivity index (χ2n) is 17.7. The Labute approximate surface area is 359 Å². The summed E-state index contributed by atoms with van der Waals surface area (Å²) in [6.07, 6.45) is 0. The van der Waals surface area contributed by atoms with Gasteiger partial charge in [-0.25, -0.2) is 9.97 Å². The van der Waals surface area contributed by atoms with Gasteiger partial charge in [-0.15, -0.1) is 0 Å². The molecule has 1 atom stereocenters. The van der Waals surface area contributed by atoms with Gasteiger partial charge in [0.15, 0.2) is 0 Å². The molecule has 0 saturated heterocycles. The highest BCUT2D eigenvalue weighted by Gasteiger charge is 2.53. The molecule has 11 aromatic rings. The van der Waals surface area contributed by atoms with Crippen LogP contribution in [0, 0.1) is 0 Å². The van der Waals surface area contributed by atoms with Crippen LogP contribution in [0.15, 0.2) is 194 Å². The predicted molar refractivity (Wildman–Crippen MR) is 254 cm³/mol. The largest absolute Gasteiger partial charge is 0.309 e. The zero-order chi connectivity index (χ0) is 40.9. The van der Waals surface area contributed by atoms with E-state index in [0.717, 1.165) is 33.5 Å². The molecule has 290 valence electrons. The van der Waals surface area contributed by atoms with Crippen molar-refractivity contribution in [3.05, 3.63) is 228 Å². The summed E-state index contributed by atoms with van der Waals surface area (Å²) in [6.45, 7) is 4.82. The first-order chi connectivity index (χ1) is 30.5. The molecule has 2 aliphatic heterocycles. The fraction of sp³-hybridized carbons (Fsp3) is 0.0690. The van der Waals surface area contributed by atoms with E-state index in [2.05, 4.69) is 217 Å². The van der Waals surface area contributed by atoms with Gasteiger partial charge >= 0.3 is 0 Å². The molecule has 1 aliphatic carbocycles. The lowest BCUT2D eigenvalue weighted by Crippen LogP contribution is -2.35. The molecule has 1 spiro atoms. The van der Waals surface area contributed by atoms with E-state index in [0.29, 0.717) is 5.95 Å². The average Bonchev–Trinajstić information content (AvgIpc) is 3.82. The number of hydrogen-bond acceptors (Lipinski definition) is 3. The SMILES string of the molecule is CC1(C)c2ccccc2N(c2nc(-c3ccc4ccccc4c3)c3ccccc3n2)c2ccc3c(c21)-c1ccccc1C31c2ccccc2-n2c3ccccc3c3cccc1c32. The third-order valence-corrected chi connectivity index (χ3v) is 14.3. The van der Waals surface area contributed by atoms with E-state index in [1.807, 2.05) is 0 Å². The van der Waals surface area contributed by atoms with Gasteiger partial charge < -0.3 is 4.57 Å². The van der Waals surface area contributed by atoms with Crippen molar-refractivity contribution in [2.45, 2.75) is 24.7 Å². The number of aromatic nitrogens is 3. The quantitative estimate of drug-likeness (QED) is 0.175. The molecule has 0 saturated carbocycles. The summed E-state index contributed by atoms with van der Waals surface area (Å²) < 4.78 is 2.52. The molecule has 1 unspecified atom stereocenters. The Bertz CT molecular complexity index is 3760. The first kappa shape index (κ1) is 34.0. The van der Waals surface area contributed by atoms with Crippen molar-refractivity contribution >= 4 is 60.8 Å². The number of para-hydroxylation sites is 5. The van der Waals surface area contributed by atoms with Gasteiger partial charge in [0.25, 0.3) is 0 Å². The topological polar surface area (TPSA) is 34.0 Å². The normalized spacial score (nSPS) is 16.4. The van der Waals surface area contributed by atoms with Crippen LogP contribution >= 0.6 is 0 Å². The van der Waals surface area contributed by atoms with Crippen LogP contribution in [0.1, 0.15) is 47.2 Å². The zero-order valence-corrected chi connectivity index (χ0v) is 34.3. The molecule has 0 bridgehead atoms. The van der Waals surface area contributed by atoms with Crippen molar-refractivity contribution in [2.24, 2.45) is 0 Å². The molecule has 14 rings (SSSR count). The highest BCUT2D eigenvalue weighted by molar-refractivity contribution is 6.13. The minimum absolute atomic E-state index is 0.375. The first-order valence-corrected chi connectivity index (χ1v) is 21.6. The molecule has 0 radical (unpaired) electrons. The van der Waals surface area contributed by atoms with Crippen LogP contribution in [0.4, 0.5) is 17.3 Å². The van der Waals surface area contributed by atoms with Crippen molar-refractivity contribution in [2.75, 3.05) is 4.90 Å². The van der Waals surface area contributed by atoms with E-state index in [-0.39, 0.29) is 5.41 Å². The maximum atomic E-state index is 5.58. The fourth-order valence-electron chi connectivity index (χ4n) is 11.9. The molecule has 62 heavy (non-hydrogen) atoms. The van der Waals surface area contributed by atoms with E-state index < -0.39 is 5.41 Å². The Kier molecular flexibility index (Phi) is 6.53. The van der Waals surface area contributed by atoms with E-state index in [9.17, 15) is 0 Å². The summed E-state index contributed by atoms with van der Waals surface area (Å²) in [7, 11) is 0. The van der Waals surface area contributed by atoms with Crippen LogP contribution < -0.4 is 4.90 Å². The summed E-state index contributed by atoms with van der Waals surface area (Å²) in [4.78, 5) is 13.4. The van der Waals surface area contributed by atoms with E-state index in [1.165, 1.54) is 82.8 Å². The van der Waals surface area contributed by atoms with Crippen molar-refractivity contribution in [3.63, 3.8) is 0 Å². The lowest BCUT2D eigenvalue weighted by Gasteiger charge is -2.43. The van der Waals surface area contributed by atoms with Crippen molar-refractivity contribution in [3.8, 4) is 28.1 Å². The molecule has 9 aromatic carbocycles. The second kappa shape index (κ2) is 11.9. The average molecular weight is 791 g/mol. The van der Waals surface area contributed by atoms with Gasteiger partial charge in [-0.1, -0.05) is 172 Å². The van der Waals surface area contributed by atoms with Crippen molar-refractivity contribution < 1.29 is 0 Å². The van der Waals surface area contributed by atoms with E-state index in [4.69, 9.17) is 9.97 Å². The molecular weight excluding hydrogens is 753 g/mol. The van der Waals surface area contributed by atoms with Gasteiger partial charge in [-0.2, -0.15) is 0 Å². The summed E-state index contributed by atoms with van der Waals surface area (Å²) in [5.41, 5.74) is 18.3. The monoisotopic (exact) mass is 790 g/mol. The number of benzene rings is 9. The Morgan fingerprint density at radius 3 is 2.02 bits per heavy atom. The van der Waals surface area contributed by atoms with Gasteiger partial charge in [0, 0.05) is 27.1 Å². The predicted octanol–water partition coefficient (Wildman–Crippen LogP) is 14.3. The van der Waals surface area contributed by atoms with E-state index in [1.54, 1.807) is 0 Å². The third-order valence-electron chi connectivity index (χ3n) is 14.3. The number of rotatable bonds is 2. The third kappa shape index (κ3) is 4.12. The van der Waals surface area contributed by atoms with Gasteiger partial charge in [-0.3, -0.25) is 4.90 Å². The summed E-state index contributed by atoms with van der Waals surface area (Å²) >= 11 is 0. The maximum absolute atomic E-state index is 5.58. The fourth-order valence-corrected chi connectivity index (χ4v) is 11.9. The summed E-state index contributed by atoms with van der Waals surface area (Å²) in [6, 6.07) is 71.5. The van der Waals surface area contributed by atoms with Crippen LogP contribution in [0.3, 0.4) is 0 Å². The summed E-state index contributed by atoms with van der Waals surface area (Å²) in [5, 5.41) is 5.99. The number of fused-ring (bicyclic) bond motifs is 17. The van der Waals surface area contributed by atoms with Crippen LogP contribution in [0.5, 0.6) is 0 Å². The van der Waals surface area contributed by atoms with Crippen LogP contribution in [0.25, 0.3) is 71.6 Å². The minimum Gasteiger partial charge on any atom is -0.309 e. The Morgan fingerprint density at radius 2 is 1.13 bits per heavy atom. The highest BCUT2D eigenvalue weighted by Crippen LogP contribution is 2.65. The molecule has 2 aromatic heterocycles. The second-order valence-corrected chi connectivity index (χ2v) is 17.7. The standard InChI is InChI=1S/C58H38N4/c1-57(2)43-23-9-13-28-49(43)62(56-59-47-26-11-6-20-41(47)54(60-56)37-31-30-35-16-3-4-17-36(35)34-37)51-33-32-45-52(53(51)57)40-19-5-8-22-42(40)58(45)44-24-10-14-29-50(44)61-48-27-12-7-18-38(48)39-21-15-25-46(58)55(39)61/h3-34H,1-2H3. The van der Waals surface area contributed by atoms with Crippen molar-refractivity contribution in [1.29, 1.82) is 0 Å². The number of nitrogens with zero attached hydrogens (tertiary/aromatic N) is 4. The molecule has 4 heteroatoms. The van der Waals surface area contributed by atoms with Gasteiger partial charge in [0.1, 0.15) is 0 Å². The van der Waals surface area contributed by atoms with Gasteiger partial charge in [0.2, 0.25) is 5.95 Å². The molecule has 3 aliphatic rings. The molecule has 0 fully saturated rings. The Morgan fingerprint density at radius 1 is 0.452 bits per heavy atom. The van der Waals surface area contributed by atoms with Crippen LogP contribution in [0.2, 0.25) is 0 Å². The van der Waals surface area contributed by atoms with Crippen molar-refractivity contribution in [1.82, 2.24) is 14.5 Å². The molecule has 0 amide bonds. The maximum Gasteiger partial charge on any atom is 0.235 e. The minimum atomic E-state index is -0.554. The highest BCUT2D eigenvalue weighted by atomic mass is 15.3. The zero-order valence-electron chi connectivity index (χ0n) is 34.3. The van der Waals surface area contributed by atoms with Crippen LogP contribution in [-0.4, -0.2) is 14.5 Å². The van der Waals surface area contributed by atoms with Gasteiger partial charge in [0.05, 0.1) is 44.7 Å². The molecule has 0 N–H and O–H groups in total. The number of hydrogen-bond donors (Lipinski definition) is 0. The molecule has 4 heterocycles. The lowest BCUT2D eigenvalue weighted by atomic mass is 9.64. The van der Waals surface area contributed by atoms with Gasteiger partial charge in [-0.05, 0) is 91.7 Å². The Hall–Kier alpha value is -7.82. The van der Waals surface area contributed by atoms with E-state index >= 15 is 0 Å². The lowest BCUT2D eigenvalue weighted by molar-refractivity contribution is 0.631. The summed E-state index contributed by atoms with van der Waals surface area (Å²) in [5.74, 6) is 0.661. The molecule has 4 nitrogen and oxygen atoms in total. The van der Waals surface area contributed by atoms with Crippen LogP contribution in [-0.2, 0) is 10.8 Å². The molecular formula is C58H38N4. The Balaban J connectivity index is 1.09. The first-order valence-electron chi connectivity index (χ1n) is 21.6. The smallest absolute Gasteiger partial charge is 0.235 e. The number of anilines is 3.